The summed E-state index contributed by atoms with van der Waals surface area (Å²) in [7, 11) is 3.67. The van der Waals surface area contributed by atoms with E-state index < -0.39 is 0 Å². The summed E-state index contributed by atoms with van der Waals surface area (Å²) in [6.45, 7) is 5.11. The molecule has 0 aliphatic carbocycles. The molecular formula is C17H24N6OS. The van der Waals surface area contributed by atoms with Crippen molar-refractivity contribution >= 4 is 29.0 Å². The first kappa shape index (κ1) is 18.9. The molecule has 0 atom stereocenters. The van der Waals surface area contributed by atoms with E-state index in [9.17, 15) is 4.79 Å². The highest BCUT2D eigenvalue weighted by molar-refractivity contribution is 7.09. The summed E-state index contributed by atoms with van der Waals surface area (Å²) in [5, 5.41) is 9.06. The van der Waals surface area contributed by atoms with Crippen LogP contribution in [0.25, 0.3) is 0 Å². The van der Waals surface area contributed by atoms with Gasteiger partial charge in [-0.15, -0.1) is 11.3 Å². The Hall–Kier alpha value is -2.48. The van der Waals surface area contributed by atoms with E-state index in [4.69, 9.17) is 0 Å². The number of amides is 1. The molecule has 134 valence electrons. The second-order valence-electron chi connectivity index (χ2n) is 5.71. The van der Waals surface area contributed by atoms with E-state index in [1.54, 1.807) is 30.6 Å². The van der Waals surface area contributed by atoms with Crippen LogP contribution >= 0.6 is 11.3 Å². The number of hydrogen-bond acceptors (Lipinski definition) is 5. The number of nitrogens with one attached hydrogen (secondary N) is 2. The van der Waals surface area contributed by atoms with Crippen LogP contribution in [0.5, 0.6) is 0 Å². The normalized spacial score (nSPS) is 11.3. The standard InChI is InChI=1S/C17H24N6OS/c1-12-5-6-15(20-9-12)22-16(24)7-8-19-17(18-3)23(4)10-14-11-25-13(2)21-14/h5-6,9,11H,7-8,10H2,1-4H3,(H,18,19)(H,20,22,24). The van der Waals surface area contributed by atoms with Crippen LogP contribution in [0, 0.1) is 13.8 Å². The topological polar surface area (TPSA) is 82.5 Å². The minimum absolute atomic E-state index is 0.0860. The van der Waals surface area contributed by atoms with Crippen molar-refractivity contribution in [2.75, 3.05) is 26.0 Å². The lowest BCUT2D eigenvalue weighted by molar-refractivity contribution is -0.116. The van der Waals surface area contributed by atoms with Crippen molar-refractivity contribution in [3.05, 3.63) is 40.0 Å². The molecular weight excluding hydrogens is 336 g/mol. The van der Waals surface area contributed by atoms with Gasteiger partial charge in [0.1, 0.15) is 5.82 Å². The summed E-state index contributed by atoms with van der Waals surface area (Å²) in [6, 6.07) is 3.71. The Labute approximate surface area is 152 Å². The van der Waals surface area contributed by atoms with Crippen LogP contribution in [0.1, 0.15) is 22.7 Å². The van der Waals surface area contributed by atoms with Gasteiger partial charge in [0.15, 0.2) is 5.96 Å². The number of aliphatic imine (C=N–C) groups is 1. The van der Waals surface area contributed by atoms with E-state index in [2.05, 4.69) is 25.6 Å². The number of pyridine rings is 1. The van der Waals surface area contributed by atoms with Gasteiger partial charge in [0.05, 0.1) is 17.2 Å². The molecule has 2 N–H and O–H groups in total. The molecule has 2 aromatic heterocycles. The lowest BCUT2D eigenvalue weighted by Gasteiger charge is -2.21. The zero-order chi connectivity index (χ0) is 18.2. The molecule has 7 nitrogen and oxygen atoms in total. The summed E-state index contributed by atoms with van der Waals surface area (Å²) in [6.07, 6.45) is 2.06. The van der Waals surface area contributed by atoms with Gasteiger partial charge in [-0.1, -0.05) is 6.07 Å². The van der Waals surface area contributed by atoms with E-state index in [1.807, 2.05) is 37.2 Å². The van der Waals surface area contributed by atoms with Crippen molar-refractivity contribution in [1.82, 2.24) is 20.2 Å². The van der Waals surface area contributed by atoms with E-state index in [-0.39, 0.29) is 5.91 Å². The largest absolute Gasteiger partial charge is 0.356 e. The third-order valence-electron chi connectivity index (χ3n) is 3.45. The van der Waals surface area contributed by atoms with Gasteiger partial charge in [-0.05, 0) is 25.5 Å². The van der Waals surface area contributed by atoms with E-state index >= 15 is 0 Å². The second-order valence-corrected chi connectivity index (χ2v) is 6.77. The minimum Gasteiger partial charge on any atom is -0.356 e. The Bertz CT molecular complexity index is 725. The Morgan fingerprint density at radius 1 is 1.36 bits per heavy atom. The molecule has 0 radical (unpaired) electrons. The fourth-order valence-electron chi connectivity index (χ4n) is 2.22. The predicted octanol–water partition coefficient (Wildman–Crippen LogP) is 2.19. The first-order valence-corrected chi connectivity index (χ1v) is 8.91. The highest BCUT2D eigenvalue weighted by atomic mass is 32.1. The maximum Gasteiger partial charge on any atom is 0.227 e. The number of anilines is 1. The van der Waals surface area contributed by atoms with Crippen molar-refractivity contribution in [1.29, 1.82) is 0 Å². The summed E-state index contributed by atoms with van der Waals surface area (Å²) in [5.74, 6) is 1.21. The Morgan fingerprint density at radius 2 is 2.16 bits per heavy atom. The third kappa shape index (κ3) is 6.15. The van der Waals surface area contributed by atoms with E-state index in [0.29, 0.717) is 25.3 Å². The Kier molecular flexibility index (Phi) is 6.88. The zero-order valence-corrected chi connectivity index (χ0v) is 15.9. The lowest BCUT2D eigenvalue weighted by Crippen LogP contribution is -2.39. The Balaban J connectivity index is 1.76. The third-order valence-corrected chi connectivity index (χ3v) is 4.28. The smallest absolute Gasteiger partial charge is 0.227 e. The number of thiazole rings is 1. The van der Waals surface area contributed by atoms with Crippen LogP contribution in [0.4, 0.5) is 5.82 Å². The van der Waals surface area contributed by atoms with Crippen LogP contribution in [0.15, 0.2) is 28.7 Å². The van der Waals surface area contributed by atoms with Gasteiger partial charge in [-0.2, -0.15) is 0 Å². The fourth-order valence-corrected chi connectivity index (χ4v) is 2.82. The molecule has 0 bridgehead atoms. The average Bonchev–Trinajstić information content (AvgIpc) is 2.98. The summed E-state index contributed by atoms with van der Waals surface area (Å²) >= 11 is 1.63. The van der Waals surface area contributed by atoms with Gasteiger partial charge in [0.25, 0.3) is 0 Å². The molecule has 25 heavy (non-hydrogen) atoms. The molecule has 1 amide bonds. The van der Waals surface area contributed by atoms with Crippen molar-refractivity contribution in [3.8, 4) is 0 Å². The van der Waals surface area contributed by atoms with Gasteiger partial charge in [0.2, 0.25) is 5.91 Å². The van der Waals surface area contributed by atoms with Crippen molar-refractivity contribution in [2.24, 2.45) is 4.99 Å². The van der Waals surface area contributed by atoms with Crippen LogP contribution in [-0.4, -0.2) is 47.4 Å². The molecule has 0 saturated carbocycles. The predicted molar refractivity (Wildman–Crippen MR) is 102 cm³/mol. The van der Waals surface area contributed by atoms with Gasteiger partial charge in [-0.3, -0.25) is 9.79 Å². The van der Waals surface area contributed by atoms with Crippen LogP contribution in [-0.2, 0) is 11.3 Å². The average molecular weight is 360 g/mol. The monoisotopic (exact) mass is 360 g/mol. The number of aryl methyl sites for hydroxylation is 2. The second kappa shape index (κ2) is 9.12. The van der Waals surface area contributed by atoms with Crippen molar-refractivity contribution in [2.45, 2.75) is 26.8 Å². The van der Waals surface area contributed by atoms with Crippen molar-refractivity contribution < 1.29 is 4.79 Å². The van der Waals surface area contributed by atoms with Crippen LogP contribution in [0.3, 0.4) is 0 Å². The first-order valence-electron chi connectivity index (χ1n) is 8.03. The fraction of sp³-hybridized carbons (Fsp3) is 0.412. The van der Waals surface area contributed by atoms with E-state index in [1.165, 1.54) is 0 Å². The molecule has 2 rings (SSSR count). The zero-order valence-electron chi connectivity index (χ0n) is 15.0. The number of rotatable bonds is 6. The molecule has 0 spiro atoms. The molecule has 0 aromatic carbocycles. The molecule has 8 heteroatoms. The number of guanidine groups is 1. The molecule has 0 saturated heterocycles. The number of carbonyl (C=O) groups is 1. The van der Waals surface area contributed by atoms with Crippen molar-refractivity contribution in [3.63, 3.8) is 0 Å². The van der Waals surface area contributed by atoms with E-state index in [0.717, 1.165) is 22.2 Å². The summed E-state index contributed by atoms with van der Waals surface area (Å²) in [5.41, 5.74) is 2.07. The maximum atomic E-state index is 12.0. The summed E-state index contributed by atoms with van der Waals surface area (Å²) in [4.78, 5) is 26.8. The summed E-state index contributed by atoms with van der Waals surface area (Å²) < 4.78 is 0. The first-order chi connectivity index (χ1) is 12.0. The quantitative estimate of drug-likeness (QED) is 0.609. The van der Waals surface area contributed by atoms with Gasteiger partial charge in [-0.25, -0.2) is 9.97 Å². The van der Waals surface area contributed by atoms with Gasteiger partial charge >= 0.3 is 0 Å². The minimum atomic E-state index is -0.0860. The molecule has 2 heterocycles. The lowest BCUT2D eigenvalue weighted by atomic mass is 10.3. The molecule has 0 fully saturated rings. The molecule has 0 unspecified atom stereocenters. The number of aromatic nitrogens is 2. The SMILES string of the molecule is CN=C(NCCC(=O)Nc1ccc(C)cn1)N(C)Cc1csc(C)n1. The number of carbonyl (C=O) groups excluding carboxylic acids is 1. The molecule has 0 aliphatic rings. The van der Waals surface area contributed by atoms with Crippen LogP contribution < -0.4 is 10.6 Å². The Morgan fingerprint density at radius 3 is 2.76 bits per heavy atom. The highest BCUT2D eigenvalue weighted by Crippen LogP contribution is 2.09. The number of nitrogens with zero attached hydrogens (tertiary/aromatic N) is 4. The van der Waals surface area contributed by atoms with Gasteiger partial charge < -0.3 is 15.5 Å². The molecule has 2 aromatic rings. The maximum absolute atomic E-state index is 12.0. The molecule has 0 aliphatic heterocycles. The number of hydrogen-bond donors (Lipinski definition) is 2. The highest BCUT2D eigenvalue weighted by Gasteiger charge is 2.09. The van der Waals surface area contributed by atoms with Gasteiger partial charge in [0, 0.05) is 38.6 Å². The van der Waals surface area contributed by atoms with Crippen LogP contribution in [0.2, 0.25) is 0 Å².